The molecule has 0 saturated heterocycles. The van der Waals surface area contributed by atoms with Crippen LogP contribution in [0, 0.1) is 0 Å². The standard InChI is InChI=1S/C16H17BrN2OS/c1-2-6-18-15(16-12(17)5-7-21-16)10-3-4-13-11(8-10)9-14(20)19-13/h3-5,7-8,15,18H,2,6,9H2,1H3,(H,19,20). The molecule has 2 aromatic rings. The summed E-state index contributed by atoms with van der Waals surface area (Å²) in [5, 5.41) is 8.59. The molecule has 21 heavy (non-hydrogen) atoms. The maximum atomic E-state index is 11.5. The summed E-state index contributed by atoms with van der Waals surface area (Å²) in [6, 6.07) is 8.51. The quantitative estimate of drug-likeness (QED) is 0.838. The van der Waals surface area contributed by atoms with Gasteiger partial charge < -0.3 is 10.6 Å². The number of halogens is 1. The fraction of sp³-hybridized carbons (Fsp3) is 0.312. The van der Waals surface area contributed by atoms with Crippen molar-refractivity contribution in [2.45, 2.75) is 25.8 Å². The largest absolute Gasteiger partial charge is 0.326 e. The Morgan fingerprint density at radius 1 is 1.43 bits per heavy atom. The smallest absolute Gasteiger partial charge is 0.228 e. The van der Waals surface area contributed by atoms with Gasteiger partial charge in [0.1, 0.15) is 0 Å². The van der Waals surface area contributed by atoms with E-state index in [4.69, 9.17) is 0 Å². The first-order valence-corrected chi connectivity index (χ1v) is 8.75. The Balaban J connectivity index is 1.95. The number of fused-ring (bicyclic) bond motifs is 1. The molecule has 3 rings (SSSR count). The third-order valence-corrected chi connectivity index (χ3v) is 5.53. The number of hydrogen-bond acceptors (Lipinski definition) is 3. The highest BCUT2D eigenvalue weighted by molar-refractivity contribution is 9.10. The maximum Gasteiger partial charge on any atom is 0.228 e. The molecule has 0 aliphatic carbocycles. The number of carbonyl (C=O) groups excluding carboxylic acids is 1. The Morgan fingerprint density at radius 2 is 2.29 bits per heavy atom. The summed E-state index contributed by atoms with van der Waals surface area (Å²) in [4.78, 5) is 12.8. The molecular weight excluding hydrogens is 348 g/mol. The number of anilines is 1. The summed E-state index contributed by atoms with van der Waals surface area (Å²) in [5.41, 5.74) is 3.25. The molecule has 1 unspecified atom stereocenters. The first-order chi connectivity index (χ1) is 10.2. The van der Waals surface area contributed by atoms with Gasteiger partial charge in [0, 0.05) is 15.0 Å². The van der Waals surface area contributed by atoms with E-state index in [9.17, 15) is 4.79 Å². The van der Waals surface area contributed by atoms with Crippen molar-refractivity contribution >= 4 is 38.9 Å². The number of rotatable bonds is 5. The Kier molecular flexibility index (Phi) is 4.42. The third-order valence-electron chi connectivity index (χ3n) is 3.59. The predicted molar refractivity (Wildman–Crippen MR) is 90.9 cm³/mol. The Labute approximate surface area is 136 Å². The second kappa shape index (κ2) is 6.30. The van der Waals surface area contributed by atoms with Crippen molar-refractivity contribution in [3.8, 4) is 0 Å². The SMILES string of the molecule is CCCNC(c1ccc2c(c1)CC(=O)N2)c1sccc1Br. The molecule has 1 aromatic heterocycles. The van der Waals surface area contributed by atoms with Gasteiger partial charge >= 0.3 is 0 Å². The van der Waals surface area contributed by atoms with E-state index >= 15 is 0 Å². The van der Waals surface area contributed by atoms with Crippen LogP contribution in [0.2, 0.25) is 0 Å². The molecule has 1 aliphatic rings. The summed E-state index contributed by atoms with van der Waals surface area (Å²) in [6.07, 6.45) is 1.57. The second-order valence-electron chi connectivity index (χ2n) is 5.16. The highest BCUT2D eigenvalue weighted by atomic mass is 79.9. The monoisotopic (exact) mass is 364 g/mol. The van der Waals surface area contributed by atoms with Crippen LogP contribution in [-0.4, -0.2) is 12.5 Å². The third kappa shape index (κ3) is 3.05. The van der Waals surface area contributed by atoms with E-state index in [0.717, 1.165) is 28.7 Å². The molecule has 5 heteroatoms. The first-order valence-electron chi connectivity index (χ1n) is 7.08. The normalized spacial score (nSPS) is 14.9. The zero-order chi connectivity index (χ0) is 14.8. The highest BCUT2D eigenvalue weighted by Crippen LogP contribution is 2.35. The van der Waals surface area contributed by atoms with Crippen molar-refractivity contribution in [1.82, 2.24) is 5.32 Å². The lowest BCUT2D eigenvalue weighted by Gasteiger charge is -2.19. The summed E-state index contributed by atoms with van der Waals surface area (Å²) >= 11 is 5.38. The molecule has 0 bridgehead atoms. The Bertz CT molecular complexity index is 668. The summed E-state index contributed by atoms with van der Waals surface area (Å²) < 4.78 is 1.14. The van der Waals surface area contributed by atoms with Gasteiger partial charge in [0.05, 0.1) is 12.5 Å². The van der Waals surface area contributed by atoms with E-state index in [1.165, 1.54) is 10.4 Å². The number of benzene rings is 1. The molecule has 110 valence electrons. The van der Waals surface area contributed by atoms with E-state index in [-0.39, 0.29) is 11.9 Å². The van der Waals surface area contributed by atoms with Crippen molar-refractivity contribution in [2.75, 3.05) is 11.9 Å². The van der Waals surface area contributed by atoms with Crippen LogP contribution in [0.15, 0.2) is 34.1 Å². The van der Waals surface area contributed by atoms with Crippen molar-refractivity contribution in [3.63, 3.8) is 0 Å². The van der Waals surface area contributed by atoms with E-state index in [1.807, 2.05) is 6.07 Å². The minimum absolute atomic E-state index is 0.0810. The fourth-order valence-electron chi connectivity index (χ4n) is 2.59. The van der Waals surface area contributed by atoms with Crippen molar-refractivity contribution in [3.05, 3.63) is 50.1 Å². The molecule has 1 amide bonds. The molecule has 3 nitrogen and oxygen atoms in total. The average molecular weight is 365 g/mol. The zero-order valence-electron chi connectivity index (χ0n) is 11.8. The van der Waals surface area contributed by atoms with Crippen molar-refractivity contribution < 1.29 is 4.79 Å². The molecule has 2 heterocycles. The van der Waals surface area contributed by atoms with Crippen LogP contribution >= 0.6 is 27.3 Å². The number of thiophene rings is 1. The Morgan fingerprint density at radius 3 is 3.00 bits per heavy atom. The van der Waals surface area contributed by atoms with E-state index in [2.05, 4.69) is 57.1 Å². The Hall–Kier alpha value is -1.17. The first kappa shape index (κ1) is 14.8. The second-order valence-corrected chi connectivity index (χ2v) is 6.96. The zero-order valence-corrected chi connectivity index (χ0v) is 14.2. The van der Waals surface area contributed by atoms with Crippen LogP contribution < -0.4 is 10.6 Å². The molecule has 1 atom stereocenters. The van der Waals surface area contributed by atoms with Gasteiger partial charge in [-0.1, -0.05) is 19.1 Å². The van der Waals surface area contributed by atoms with Gasteiger partial charge in [0.25, 0.3) is 0 Å². The van der Waals surface area contributed by atoms with Crippen LogP contribution in [0.1, 0.15) is 35.4 Å². The predicted octanol–water partition coefficient (Wildman–Crippen LogP) is 4.09. The summed E-state index contributed by atoms with van der Waals surface area (Å²) in [6.45, 7) is 3.13. The lowest BCUT2D eigenvalue weighted by atomic mass is 10.0. The van der Waals surface area contributed by atoms with Gasteiger partial charge in [0.15, 0.2) is 0 Å². The van der Waals surface area contributed by atoms with Gasteiger partial charge in [-0.25, -0.2) is 0 Å². The number of nitrogens with one attached hydrogen (secondary N) is 2. The minimum atomic E-state index is 0.0810. The summed E-state index contributed by atoms with van der Waals surface area (Å²) in [7, 11) is 0. The topological polar surface area (TPSA) is 41.1 Å². The van der Waals surface area contributed by atoms with Gasteiger partial charge in [-0.05, 0) is 57.5 Å². The average Bonchev–Trinajstić information content (AvgIpc) is 3.04. The van der Waals surface area contributed by atoms with Crippen LogP contribution in [0.25, 0.3) is 0 Å². The molecule has 0 saturated carbocycles. The van der Waals surface area contributed by atoms with E-state index in [1.54, 1.807) is 11.3 Å². The van der Waals surface area contributed by atoms with Gasteiger partial charge in [0.2, 0.25) is 5.91 Å². The van der Waals surface area contributed by atoms with Crippen molar-refractivity contribution in [1.29, 1.82) is 0 Å². The molecule has 0 radical (unpaired) electrons. The molecule has 1 aliphatic heterocycles. The lowest BCUT2D eigenvalue weighted by molar-refractivity contribution is -0.115. The van der Waals surface area contributed by atoms with Gasteiger partial charge in [-0.2, -0.15) is 0 Å². The molecule has 1 aromatic carbocycles. The van der Waals surface area contributed by atoms with Crippen LogP contribution in [-0.2, 0) is 11.2 Å². The number of hydrogen-bond donors (Lipinski definition) is 2. The van der Waals surface area contributed by atoms with E-state index < -0.39 is 0 Å². The number of amides is 1. The highest BCUT2D eigenvalue weighted by Gasteiger charge is 2.22. The van der Waals surface area contributed by atoms with Crippen molar-refractivity contribution in [2.24, 2.45) is 0 Å². The van der Waals surface area contributed by atoms with E-state index in [0.29, 0.717) is 6.42 Å². The van der Waals surface area contributed by atoms with Crippen LogP contribution in [0.4, 0.5) is 5.69 Å². The van der Waals surface area contributed by atoms with Gasteiger partial charge in [-0.3, -0.25) is 4.79 Å². The van der Waals surface area contributed by atoms with Gasteiger partial charge in [-0.15, -0.1) is 11.3 Å². The maximum absolute atomic E-state index is 11.5. The summed E-state index contributed by atoms with van der Waals surface area (Å²) in [5.74, 6) is 0.0810. The molecular formula is C16H17BrN2OS. The molecule has 2 N–H and O–H groups in total. The number of carbonyl (C=O) groups is 1. The molecule has 0 spiro atoms. The molecule has 0 fully saturated rings. The van der Waals surface area contributed by atoms with Crippen LogP contribution in [0.3, 0.4) is 0 Å². The lowest BCUT2D eigenvalue weighted by Crippen LogP contribution is -2.22. The minimum Gasteiger partial charge on any atom is -0.326 e. The fourth-order valence-corrected chi connectivity index (χ4v) is 4.29. The van der Waals surface area contributed by atoms with Crippen LogP contribution in [0.5, 0.6) is 0 Å².